The molecule has 1 saturated heterocycles. The molecule has 0 bridgehead atoms. The second kappa shape index (κ2) is 11.8. The van der Waals surface area contributed by atoms with Gasteiger partial charge in [-0.3, -0.25) is 14.2 Å². The van der Waals surface area contributed by atoms with E-state index in [1.807, 2.05) is 20.8 Å². The van der Waals surface area contributed by atoms with E-state index in [0.717, 1.165) is 33.0 Å². The van der Waals surface area contributed by atoms with Gasteiger partial charge in [0.15, 0.2) is 0 Å². The van der Waals surface area contributed by atoms with Gasteiger partial charge in [0.2, 0.25) is 0 Å². The van der Waals surface area contributed by atoms with Gasteiger partial charge >= 0.3 is 20.0 Å². The Morgan fingerprint density at radius 3 is 2.19 bits per heavy atom. The van der Waals surface area contributed by atoms with E-state index < -0.39 is 41.0 Å². The highest BCUT2D eigenvalue weighted by Gasteiger charge is 2.51. The Balaban J connectivity index is 2.48. The highest BCUT2D eigenvalue weighted by Crippen LogP contribution is 2.35. The van der Waals surface area contributed by atoms with Crippen molar-refractivity contribution in [1.82, 2.24) is 9.37 Å². The van der Waals surface area contributed by atoms with Crippen LogP contribution in [0.2, 0.25) is 12.6 Å². The Morgan fingerprint density at radius 2 is 1.67 bits per heavy atom. The van der Waals surface area contributed by atoms with Crippen molar-refractivity contribution in [3.05, 3.63) is 24.3 Å². The van der Waals surface area contributed by atoms with Crippen LogP contribution >= 0.6 is 11.8 Å². The predicted molar refractivity (Wildman–Crippen MR) is 143 cm³/mol. The Bertz CT molecular complexity index is 1030. The average molecular weight is 561 g/mol. The fourth-order valence-electron chi connectivity index (χ4n) is 3.93. The van der Waals surface area contributed by atoms with Gasteiger partial charge < -0.3 is 9.47 Å². The maximum atomic E-state index is 13.8. The number of carbonyl (C=O) groups excluding carboxylic acids is 2. The zero-order valence-corrected chi connectivity index (χ0v) is 25.3. The SMILES string of the molecule is COC(=O)N(O[Si](C)(CC(C)(C)C)C(=O)OC(C)(C)C)S(=O)(=O)c1ccccc1SCN1CCCC1. The van der Waals surface area contributed by atoms with Crippen molar-refractivity contribution < 1.29 is 32.0 Å². The number of nitrogens with zero attached hydrogens (tertiary/aromatic N) is 2. The second-order valence-electron chi connectivity index (χ2n) is 11.3. The number of ether oxygens (including phenoxy) is 2. The molecule has 2 rings (SSSR count). The smallest absolute Gasteiger partial charge is 0.447 e. The van der Waals surface area contributed by atoms with Gasteiger partial charge in [-0.2, -0.15) is 8.42 Å². The number of hydrogen-bond donors (Lipinski definition) is 0. The quantitative estimate of drug-likeness (QED) is 0.215. The minimum atomic E-state index is -4.53. The van der Waals surface area contributed by atoms with E-state index in [1.165, 1.54) is 17.8 Å². The van der Waals surface area contributed by atoms with Gasteiger partial charge in [0.25, 0.3) is 10.0 Å². The van der Waals surface area contributed by atoms with Gasteiger partial charge in [-0.1, -0.05) is 37.4 Å². The molecule has 36 heavy (non-hydrogen) atoms. The van der Waals surface area contributed by atoms with E-state index in [1.54, 1.807) is 45.5 Å². The minimum Gasteiger partial charge on any atom is -0.462 e. The highest BCUT2D eigenvalue weighted by atomic mass is 32.2. The number of sulfonamides is 1. The summed E-state index contributed by atoms with van der Waals surface area (Å²) < 4.78 is 44.3. The molecule has 1 aliphatic heterocycles. The molecule has 1 aromatic rings. The molecule has 1 aromatic carbocycles. The summed E-state index contributed by atoms with van der Waals surface area (Å²) in [5.41, 5.74) is -1.88. The van der Waals surface area contributed by atoms with Gasteiger partial charge in [-0.15, -0.1) is 11.8 Å². The lowest BCUT2D eigenvalue weighted by molar-refractivity contribution is 0.0115. The molecular formula is C24H40N2O7S2Si. The zero-order valence-electron chi connectivity index (χ0n) is 22.6. The zero-order chi connectivity index (χ0) is 27.4. The number of thioether (sulfide) groups is 1. The molecule has 0 saturated carbocycles. The number of hydrogen-bond acceptors (Lipinski definition) is 9. The first-order valence-electron chi connectivity index (χ1n) is 12.0. The van der Waals surface area contributed by atoms with Crippen LogP contribution in [-0.2, 0) is 24.0 Å². The first-order valence-corrected chi connectivity index (χ1v) is 17.0. The number of hydroxylamine groups is 1. The average Bonchev–Trinajstić information content (AvgIpc) is 3.27. The van der Waals surface area contributed by atoms with Crippen molar-refractivity contribution in [2.75, 3.05) is 26.1 Å². The number of amides is 1. The van der Waals surface area contributed by atoms with Crippen molar-refractivity contribution in [1.29, 1.82) is 0 Å². The maximum Gasteiger partial charge on any atom is 0.447 e. The van der Waals surface area contributed by atoms with Crippen LogP contribution in [0.1, 0.15) is 54.4 Å². The van der Waals surface area contributed by atoms with Crippen molar-refractivity contribution in [2.45, 2.75) is 82.4 Å². The second-order valence-corrected chi connectivity index (χ2v) is 17.4. The molecule has 1 unspecified atom stereocenters. The molecule has 1 atom stereocenters. The third-order valence-electron chi connectivity index (χ3n) is 5.25. The molecule has 1 fully saturated rings. The summed E-state index contributed by atoms with van der Waals surface area (Å²) in [7, 11) is -7.13. The molecule has 9 nitrogen and oxygen atoms in total. The summed E-state index contributed by atoms with van der Waals surface area (Å²) in [4.78, 5) is 28.8. The van der Waals surface area contributed by atoms with Crippen LogP contribution < -0.4 is 0 Å². The Kier molecular flexibility index (Phi) is 10.1. The Hall–Kier alpha value is -1.60. The summed E-state index contributed by atoms with van der Waals surface area (Å²) in [6, 6.07) is 6.67. The van der Waals surface area contributed by atoms with E-state index in [9.17, 15) is 18.0 Å². The van der Waals surface area contributed by atoms with Gasteiger partial charge in [0.05, 0.1) is 7.11 Å². The fourth-order valence-corrected chi connectivity index (χ4v) is 10.6. The normalized spacial score (nSPS) is 16.9. The lowest BCUT2D eigenvalue weighted by atomic mass is 10.0. The molecule has 0 aromatic heterocycles. The van der Waals surface area contributed by atoms with Crippen LogP contribution in [0, 0.1) is 5.41 Å². The number of benzene rings is 1. The highest BCUT2D eigenvalue weighted by molar-refractivity contribution is 8.00. The van der Waals surface area contributed by atoms with E-state index in [2.05, 4.69) is 4.90 Å². The third kappa shape index (κ3) is 8.47. The summed E-state index contributed by atoms with van der Waals surface area (Å²) >= 11 is 1.38. The van der Waals surface area contributed by atoms with Crippen LogP contribution in [0.15, 0.2) is 34.1 Å². The molecule has 1 heterocycles. The first kappa shape index (κ1) is 30.6. The van der Waals surface area contributed by atoms with Crippen LogP contribution in [0.3, 0.4) is 0 Å². The summed E-state index contributed by atoms with van der Waals surface area (Å²) in [5, 5.41) is 0. The summed E-state index contributed by atoms with van der Waals surface area (Å²) in [5.74, 6) is 0.625. The number of likely N-dealkylation sites (tertiary alicyclic amines) is 1. The fraction of sp³-hybridized carbons (Fsp3) is 0.667. The topological polar surface area (TPSA) is 102 Å². The van der Waals surface area contributed by atoms with Crippen molar-refractivity contribution in [3.8, 4) is 0 Å². The molecule has 1 amide bonds. The maximum absolute atomic E-state index is 13.8. The lowest BCUT2D eigenvalue weighted by Crippen LogP contribution is -2.55. The Morgan fingerprint density at radius 1 is 1.08 bits per heavy atom. The van der Waals surface area contributed by atoms with E-state index >= 15 is 0 Å². The standard InChI is InChI=1S/C24H40N2O7S2Si/c1-23(2,3)17-36(8,22(28)32-24(4,5)6)33-26(21(27)31-7)35(29,30)20-14-10-9-13-19(20)34-18-25-15-11-12-16-25/h9-10,13-14H,11-12,15-18H2,1-8H3. The molecule has 0 spiro atoms. The van der Waals surface area contributed by atoms with Crippen LogP contribution in [0.4, 0.5) is 9.59 Å². The van der Waals surface area contributed by atoms with E-state index in [0.29, 0.717) is 10.8 Å². The van der Waals surface area contributed by atoms with Gasteiger partial charge in [0.1, 0.15) is 10.5 Å². The monoisotopic (exact) mass is 560 g/mol. The largest absolute Gasteiger partial charge is 0.462 e. The molecule has 1 aliphatic rings. The van der Waals surface area contributed by atoms with Crippen molar-refractivity contribution in [2.24, 2.45) is 5.41 Å². The molecule has 0 N–H and O–H groups in total. The Labute approximate surface area is 221 Å². The molecule has 0 radical (unpaired) electrons. The number of carbonyl (C=O) groups is 2. The minimum absolute atomic E-state index is 0.0871. The summed E-state index contributed by atoms with van der Waals surface area (Å²) in [6.45, 7) is 14.4. The van der Waals surface area contributed by atoms with Crippen molar-refractivity contribution in [3.63, 3.8) is 0 Å². The molecule has 0 aliphatic carbocycles. The van der Waals surface area contributed by atoms with Gasteiger partial charge in [-0.25, -0.2) is 4.79 Å². The van der Waals surface area contributed by atoms with E-state index in [-0.39, 0.29) is 15.4 Å². The molecule has 204 valence electrons. The predicted octanol–water partition coefficient (Wildman–Crippen LogP) is 5.66. The third-order valence-corrected chi connectivity index (χ3v) is 11.5. The number of methoxy groups -OCH3 is 1. The van der Waals surface area contributed by atoms with Gasteiger partial charge in [0, 0.05) is 10.8 Å². The van der Waals surface area contributed by atoms with Crippen molar-refractivity contribution >= 4 is 41.8 Å². The van der Waals surface area contributed by atoms with Crippen LogP contribution in [0.25, 0.3) is 0 Å². The first-order chi connectivity index (χ1) is 16.5. The molecular weight excluding hydrogens is 520 g/mol. The molecule has 12 heteroatoms. The van der Waals surface area contributed by atoms with Gasteiger partial charge in [-0.05, 0) is 76.8 Å². The summed E-state index contributed by atoms with van der Waals surface area (Å²) in [6.07, 6.45) is 1.00. The lowest BCUT2D eigenvalue weighted by Gasteiger charge is -2.35. The number of rotatable bonds is 9. The van der Waals surface area contributed by atoms with E-state index in [4.69, 9.17) is 14.0 Å². The van der Waals surface area contributed by atoms with Crippen LogP contribution in [0.5, 0.6) is 0 Å². The van der Waals surface area contributed by atoms with Crippen LogP contribution in [-0.4, -0.2) is 69.5 Å².